The number of anilines is 1. The fourth-order valence-corrected chi connectivity index (χ4v) is 8.23. The van der Waals surface area contributed by atoms with Crippen LogP contribution in [0.3, 0.4) is 0 Å². The van der Waals surface area contributed by atoms with Gasteiger partial charge in [0.25, 0.3) is 5.56 Å². The molecule has 1 fully saturated rings. The number of sulfone groups is 1. The molecule has 1 aliphatic heterocycles. The third-order valence-electron chi connectivity index (χ3n) is 8.56. The molecule has 262 valence electrons. The first-order valence-electron chi connectivity index (χ1n) is 15.9. The number of hydrogen-bond acceptors (Lipinski definition) is 10. The van der Waals surface area contributed by atoms with Crippen molar-refractivity contribution in [3.63, 3.8) is 0 Å². The highest BCUT2D eigenvalue weighted by Gasteiger charge is 2.40. The fourth-order valence-electron chi connectivity index (χ4n) is 5.89. The smallest absolute Gasteiger partial charge is 0.306 e. The molecule has 0 unspecified atom stereocenters. The van der Waals surface area contributed by atoms with Crippen LogP contribution in [0.4, 0.5) is 13.9 Å². The van der Waals surface area contributed by atoms with Gasteiger partial charge in [0.1, 0.15) is 17.5 Å². The maximum absolute atomic E-state index is 16.3. The van der Waals surface area contributed by atoms with Crippen LogP contribution in [0.25, 0.3) is 10.3 Å². The zero-order valence-corrected chi connectivity index (χ0v) is 29.0. The Morgan fingerprint density at radius 3 is 2.44 bits per heavy atom. The summed E-state index contributed by atoms with van der Waals surface area (Å²) >= 11 is 0.940. The molecule has 15 heteroatoms. The second kappa shape index (κ2) is 14.5. The number of ether oxygens (including phenoxy) is 2. The zero-order valence-electron chi connectivity index (χ0n) is 27.3. The van der Waals surface area contributed by atoms with E-state index in [2.05, 4.69) is 15.3 Å². The molecular formula is C35H35F2N5O6S2. The van der Waals surface area contributed by atoms with Crippen LogP contribution in [-0.2, 0) is 33.6 Å². The van der Waals surface area contributed by atoms with Crippen molar-refractivity contribution in [2.24, 2.45) is 0 Å². The van der Waals surface area contributed by atoms with Crippen molar-refractivity contribution in [3.05, 3.63) is 106 Å². The predicted molar refractivity (Wildman–Crippen MR) is 186 cm³/mol. The van der Waals surface area contributed by atoms with Gasteiger partial charge in [0.05, 0.1) is 31.4 Å². The van der Waals surface area contributed by atoms with E-state index in [0.717, 1.165) is 21.5 Å². The van der Waals surface area contributed by atoms with Gasteiger partial charge in [-0.15, -0.1) is 0 Å². The van der Waals surface area contributed by atoms with E-state index in [4.69, 9.17) is 9.47 Å². The highest BCUT2D eigenvalue weighted by Crippen LogP contribution is 2.36. The summed E-state index contributed by atoms with van der Waals surface area (Å²) in [5, 5.41) is 3.26. The molecular weight excluding hydrogens is 689 g/mol. The summed E-state index contributed by atoms with van der Waals surface area (Å²) in [5.41, 5.74) is 0.355. The molecule has 1 N–H and O–H groups in total. The van der Waals surface area contributed by atoms with Crippen LogP contribution >= 0.6 is 11.3 Å². The Hall–Kier alpha value is -4.89. The number of nitrogens with one attached hydrogen (secondary N) is 1. The second-order valence-electron chi connectivity index (χ2n) is 11.8. The van der Waals surface area contributed by atoms with Crippen LogP contribution in [0.2, 0.25) is 0 Å². The monoisotopic (exact) mass is 723 g/mol. The Morgan fingerprint density at radius 1 is 1.02 bits per heavy atom. The third-order valence-corrected chi connectivity index (χ3v) is 11.3. The van der Waals surface area contributed by atoms with Gasteiger partial charge in [0.15, 0.2) is 31.1 Å². The van der Waals surface area contributed by atoms with Gasteiger partial charge in [-0.1, -0.05) is 59.9 Å². The number of aromatic nitrogens is 3. The molecule has 1 saturated heterocycles. The van der Waals surface area contributed by atoms with Gasteiger partial charge in [-0.05, 0) is 42.7 Å². The Labute approximate surface area is 291 Å². The van der Waals surface area contributed by atoms with E-state index in [1.807, 2.05) is 30.3 Å². The Morgan fingerprint density at radius 2 is 1.74 bits per heavy atom. The van der Waals surface area contributed by atoms with Gasteiger partial charge < -0.3 is 19.7 Å². The summed E-state index contributed by atoms with van der Waals surface area (Å²) in [5.74, 6) is -5.09. The molecule has 2 aromatic heterocycles. The molecule has 0 bridgehead atoms. The van der Waals surface area contributed by atoms with E-state index in [1.54, 1.807) is 29.2 Å². The largest absolute Gasteiger partial charge is 0.497 e. The first-order chi connectivity index (χ1) is 24.0. The molecule has 3 heterocycles. The maximum Gasteiger partial charge on any atom is 0.306 e. The first-order valence-corrected chi connectivity index (χ1v) is 18.3. The van der Waals surface area contributed by atoms with Crippen molar-refractivity contribution < 1.29 is 31.5 Å². The first kappa shape index (κ1) is 35.0. The predicted octanol–water partition coefficient (Wildman–Crippen LogP) is 5.16. The lowest BCUT2D eigenvalue weighted by atomic mass is 10.1. The minimum atomic E-state index is -4.07. The lowest BCUT2D eigenvalue weighted by Crippen LogP contribution is -2.43. The SMILES string of the molecule is COc1ccc(Cn2c(C(F)(F)CCS(=O)(=O)c3ccccc3)nc3sc(N4CCC[C@@H]4C(=O)NCc4ccccc4)nc3c2=O)c(OC)c1. The lowest BCUT2D eigenvalue weighted by molar-refractivity contribution is -0.122. The molecule has 5 aromatic rings. The number of thiazole rings is 1. The van der Waals surface area contributed by atoms with Crippen LogP contribution in [0.15, 0.2) is 88.6 Å². The van der Waals surface area contributed by atoms with Crippen molar-refractivity contribution >= 4 is 42.6 Å². The van der Waals surface area contributed by atoms with E-state index in [1.165, 1.54) is 38.5 Å². The quantitative estimate of drug-likeness (QED) is 0.175. The van der Waals surface area contributed by atoms with Crippen molar-refractivity contribution in [1.82, 2.24) is 19.9 Å². The van der Waals surface area contributed by atoms with Gasteiger partial charge >= 0.3 is 5.92 Å². The number of benzene rings is 3. The average molecular weight is 724 g/mol. The van der Waals surface area contributed by atoms with E-state index >= 15 is 8.78 Å². The number of amides is 1. The number of carbonyl (C=O) groups excluding carboxylic acids is 1. The third kappa shape index (κ3) is 7.33. The van der Waals surface area contributed by atoms with Gasteiger partial charge in [-0.2, -0.15) is 8.78 Å². The van der Waals surface area contributed by atoms with Gasteiger partial charge in [-0.25, -0.2) is 18.4 Å². The van der Waals surface area contributed by atoms with Gasteiger partial charge in [0.2, 0.25) is 5.91 Å². The topological polar surface area (TPSA) is 133 Å². The molecule has 0 spiro atoms. The molecule has 1 amide bonds. The fraction of sp³-hybridized carbons (Fsp3) is 0.314. The van der Waals surface area contributed by atoms with Crippen LogP contribution in [0, 0.1) is 0 Å². The molecule has 1 aliphatic rings. The minimum Gasteiger partial charge on any atom is -0.497 e. The number of methoxy groups -OCH3 is 2. The highest BCUT2D eigenvalue weighted by molar-refractivity contribution is 7.91. The lowest BCUT2D eigenvalue weighted by Gasteiger charge is -2.23. The van der Waals surface area contributed by atoms with Crippen LogP contribution < -0.4 is 25.2 Å². The summed E-state index contributed by atoms with van der Waals surface area (Å²) in [7, 11) is -1.20. The standard InChI is InChI=1S/C35H35F2N5O6S2/c1-47-25-16-15-24(28(20-25)48-2)22-42-32(44)29-31(40-33(42)35(36,37)17-19-50(45,46)26-12-7-4-8-13-26)49-34(39-29)41-18-9-14-27(41)30(43)38-21-23-10-5-3-6-11-23/h3-8,10-13,15-16,20,27H,9,14,17-19,21-22H2,1-2H3,(H,38,43)/t27-/m1/s1. The summed E-state index contributed by atoms with van der Waals surface area (Å²) in [6, 6.07) is 21.0. The molecule has 3 aromatic carbocycles. The number of hydrogen-bond donors (Lipinski definition) is 1. The second-order valence-corrected chi connectivity index (χ2v) is 14.9. The summed E-state index contributed by atoms with van der Waals surface area (Å²) in [4.78, 5) is 37.8. The summed E-state index contributed by atoms with van der Waals surface area (Å²) in [6.07, 6.45) is 0.113. The van der Waals surface area contributed by atoms with E-state index in [9.17, 15) is 18.0 Å². The molecule has 6 rings (SSSR count). The molecule has 0 aliphatic carbocycles. The van der Waals surface area contributed by atoms with Crippen molar-refractivity contribution in [1.29, 1.82) is 0 Å². The Kier molecular flexibility index (Phi) is 10.2. The minimum absolute atomic E-state index is 0.0427. The highest BCUT2D eigenvalue weighted by atomic mass is 32.2. The van der Waals surface area contributed by atoms with E-state index < -0.39 is 45.4 Å². The van der Waals surface area contributed by atoms with Crippen molar-refractivity contribution in [2.45, 2.75) is 49.2 Å². The molecule has 50 heavy (non-hydrogen) atoms. The molecule has 0 saturated carbocycles. The number of alkyl halides is 2. The number of rotatable bonds is 13. The van der Waals surface area contributed by atoms with Crippen LogP contribution in [-0.4, -0.2) is 61.4 Å². The number of nitrogens with zero attached hydrogens (tertiary/aromatic N) is 4. The van der Waals surface area contributed by atoms with Crippen LogP contribution in [0.1, 0.15) is 36.2 Å². The Balaban J connectivity index is 1.37. The summed E-state index contributed by atoms with van der Waals surface area (Å²) < 4.78 is 70.0. The van der Waals surface area contributed by atoms with Crippen molar-refractivity contribution in [2.75, 3.05) is 31.4 Å². The zero-order chi connectivity index (χ0) is 35.5. The molecule has 1 atom stereocenters. The number of fused-ring (bicyclic) bond motifs is 1. The number of carbonyl (C=O) groups is 1. The van der Waals surface area contributed by atoms with E-state index in [-0.39, 0.29) is 33.4 Å². The van der Waals surface area contributed by atoms with Gasteiger partial charge in [0, 0.05) is 31.1 Å². The Bertz CT molecular complexity index is 2160. The van der Waals surface area contributed by atoms with Crippen LogP contribution in [0.5, 0.6) is 11.5 Å². The summed E-state index contributed by atoms with van der Waals surface area (Å²) in [6.45, 7) is 0.441. The van der Waals surface area contributed by atoms with Crippen molar-refractivity contribution in [3.8, 4) is 11.5 Å². The van der Waals surface area contributed by atoms with E-state index in [0.29, 0.717) is 42.4 Å². The van der Waals surface area contributed by atoms with Gasteiger partial charge in [-0.3, -0.25) is 14.2 Å². The number of halogens is 2. The molecule has 11 nitrogen and oxygen atoms in total. The maximum atomic E-state index is 16.3. The molecule has 0 radical (unpaired) electrons. The normalized spacial score (nSPS) is 15.0. The average Bonchev–Trinajstić information content (AvgIpc) is 3.80.